The highest BCUT2D eigenvalue weighted by Gasteiger charge is 2.09. The molecule has 0 radical (unpaired) electrons. The lowest BCUT2D eigenvalue weighted by atomic mass is 10.2. The van der Waals surface area contributed by atoms with Crippen LogP contribution in [0, 0.1) is 12.7 Å². The number of nitrogen functional groups attached to an aromatic ring is 1. The summed E-state index contributed by atoms with van der Waals surface area (Å²) in [4.78, 5) is 11.2. The van der Waals surface area contributed by atoms with E-state index in [0.717, 1.165) is 0 Å². The van der Waals surface area contributed by atoms with Gasteiger partial charge >= 0.3 is 0 Å². The SMILES string of the molecule is Cc1cc(OCc2cc(C(=O)NN)co2)ccc1F. The number of furan rings is 1. The van der Waals surface area contributed by atoms with Crippen LogP contribution in [0.5, 0.6) is 5.75 Å². The largest absolute Gasteiger partial charge is 0.486 e. The van der Waals surface area contributed by atoms with Gasteiger partial charge in [0.05, 0.1) is 5.56 Å². The highest BCUT2D eigenvalue weighted by Crippen LogP contribution is 2.18. The smallest absolute Gasteiger partial charge is 0.268 e. The van der Waals surface area contributed by atoms with Crippen molar-refractivity contribution in [2.75, 3.05) is 0 Å². The Kier molecular flexibility index (Phi) is 3.82. The Morgan fingerprint density at radius 2 is 2.26 bits per heavy atom. The van der Waals surface area contributed by atoms with Crippen LogP contribution in [0.2, 0.25) is 0 Å². The summed E-state index contributed by atoms with van der Waals surface area (Å²) < 4.78 is 23.6. The molecule has 2 aromatic rings. The number of hydrogen-bond donors (Lipinski definition) is 2. The highest BCUT2D eigenvalue weighted by atomic mass is 19.1. The third kappa shape index (κ3) is 3.11. The molecule has 0 spiro atoms. The second-order valence-corrected chi connectivity index (χ2v) is 3.97. The van der Waals surface area contributed by atoms with Gasteiger partial charge in [-0.15, -0.1) is 0 Å². The van der Waals surface area contributed by atoms with E-state index < -0.39 is 5.91 Å². The van der Waals surface area contributed by atoms with E-state index in [1.807, 2.05) is 5.43 Å². The summed E-state index contributed by atoms with van der Waals surface area (Å²) in [6, 6.07) is 5.98. The number of nitrogens with one attached hydrogen (secondary N) is 1. The Labute approximate surface area is 109 Å². The normalized spacial score (nSPS) is 10.3. The van der Waals surface area contributed by atoms with E-state index in [2.05, 4.69) is 0 Å². The van der Waals surface area contributed by atoms with E-state index >= 15 is 0 Å². The number of hydrazine groups is 1. The summed E-state index contributed by atoms with van der Waals surface area (Å²) in [5.74, 6) is 5.28. The Morgan fingerprint density at radius 1 is 1.47 bits per heavy atom. The number of carbonyl (C=O) groups excluding carboxylic acids is 1. The molecule has 2 rings (SSSR count). The lowest BCUT2D eigenvalue weighted by molar-refractivity contribution is 0.0953. The van der Waals surface area contributed by atoms with E-state index in [0.29, 0.717) is 22.6 Å². The molecule has 5 nitrogen and oxygen atoms in total. The number of hydrogen-bond acceptors (Lipinski definition) is 4. The number of benzene rings is 1. The Balaban J connectivity index is 2.00. The molecule has 1 aromatic heterocycles. The summed E-state index contributed by atoms with van der Waals surface area (Å²) in [7, 11) is 0. The van der Waals surface area contributed by atoms with Crippen molar-refractivity contribution in [1.82, 2.24) is 5.43 Å². The van der Waals surface area contributed by atoms with Crippen molar-refractivity contribution < 1.29 is 18.3 Å². The Morgan fingerprint density at radius 3 is 2.95 bits per heavy atom. The fourth-order valence-corrected chi connectivity index (χ4v) is 1.52. The van der Waals surface area contributed by atoms with Crippen molar-refractivity contribution in [1.29, 1.82) is 0 Å². The average molecular weight is 264 g/mol. The Bertz CT molecular complexity index is 595. The lowest BCUT2D eigenvalue weighted by Crippen LogP contribution is -2.29. The predicted molar refractivity (Wildman–Crippen MR) is 65.8 cm³/mol. The van der Waals surface area contributed by atoms with Gasteiger partial charge in [0.25, 0.3) is 5.91 Å². The fourth-order valence-electron chi connectivity index (χ4n) is 1.52. The monoisotopic (exact) mass is 264 g/mol. The van der Waals surface area contributed by atoms with Crippen LogP contribution in [-0.4, -0.2) is 5.91 Å². The Hall–Kier alpha value is -2.34. The topological polar surface area (TPSA) is 77.5 Å². The zero-order valence-electron chi connectivity index (χ0n) is 10.3. The third-order valence-corrected chi connectivity index (χ3v) is 2.56. The van der Waals surface area contributed by atoms with E-state index in [9.17, 15) is 9.18 Å². The molecule has 19 heavy (non-hydrogen) atoms. The van der Waals surface area contributed by atoms with Crippen LogP contribution < -0.4 is 16.0 Å². The zero-order chi connectivity index (χ0) is 13.8. The first-order valence-electron chi connectivity index (χ1n) is 5.57. The van der Waals surface area contributed by atoms with Gasteiger partial charge in [-0.25, -0.2) is 10.2 Å². The van der Waals surface area contributed by atoms with Gasteiger partial charge in [0, 0.05) is 0 Å². The van der Waals surface area contributed by atoms with Gasteiger partial charge in [-0.1, -0.05) is 0 Å². The molecule has 0 atom stereocenters. The molecular formula is C13H13FN2O3. The fraction of sp³-hybridized carbons (Fsp3) is 0.154. The molecule has 100 valence electrons. The van der Waals surface area contributed by atoms with Gasteiger partial charge in [-0.05, 0) is 36.8 Å². The van der Waals surface area contributed by atoms with Gasteiger partial charge in [-0.3, -0.25) is 10.2 Å². The number of amides is 1. The molecule has 6 heteroatoms. The molecule has 0 saturated heterocycles. The average Bonchev–Trinajstić information content (AvgIpc) is 2.88. The maximum absolute atomic E-state index is 13.1. The quantitative estimate of drug-likeness (QED) is 0.502. The first-order valence-corrected chi connectivity index (χ1v) is 5.57. The number of rotatable bonds is 4. The molecule has 0 bridgehead atoms. The summed E-state index contributed by atoms with van der Waals surface area (Å²) in [6.45, 7) is 1.79. The summed E-state index contributed by atoms with van der Waals surface area (Å²) in [5, 5.41) is 0. The minimum Gasteiger partial charge on any atom is -0.486 e. The van der Waals surface area contributed by atoms with Crippen molar-refractivity contribution in [3.8, 4) is 5.75 Å². The molecule has 1 aromatic carbocycles. The minimum absolute atomic E-state index is 0.142. The van der Waals surface area contributed by atoms with Gasteiger partial charge in [0.2, 0.25) is 0 Å². The number of ether oxygens (including phenoxy) is 1. The first-order chi connectivity index (χ1) is 9.10. The second kappa shape index (κ2) is 5.53. The highest BCUT2D eigenvalue weighted by molar-refractivity contribution is 5.93. The van der Waals surface area contributed by atoms with Crippen LogP contribution in [0.1, 0.15) is 21.7 Å². The minimum atomic E-state index is -0.437. The molecule has 0 fully saturated rings. The van der Waals surface area contributed by atoms with Crippen LogP contribution in [0.15, 0.2) is 34.9 Å². The molecule has 3 N–H and O–H groups in total. The molecule has 0 aliphatic rings. The number of aryl methyl sites for hydroxylation is 1. The van der Waals surface area contributed by atoms with E-state index in [-0.39, 0.29) is 12.4 Å². The molecular weight excluding hydrogens is 251 g/mol. The molecule has 0 unspecified atom stereocenters. The van der Waals surface area contributed by atoms with Gasteiger partial charge in [0.15, 0.2) is 0 Å². The second-order valence-electron chi connectivity index (χ2n) is 3.97. The van der Waals surface area contributed by atoms with Gasteiger partial charge < -0.3 is 9.15 Å². The van der Waals surface area contributed by atoms with Gasteiger partial charge in [0.1, 0.15) is 30.2 Å². The van der Waals surface area contributed by atoms with E-state index in [1.54, 1.807) is 13.0 Å². The number of carbonyl (C=O) groups is 1. The number of nitrogens with two attached hydrogens (primary N) is 1. The van der Waals surface area contributed by atoms with Crippen molar-refractivity contribution in [3.63, 3.8) is 0 Å². The molecule has 1 heterocycles. The molecule has 0 aliphatic carbocycles. The molecule has 0 aliphatic heterocycles. The lowest BCUT2D eigenvalue weighted by Gasteiger charge is -2.05. The first kappa shape index (κ1) is 13.1. The van der Waals surface area contributed by atoms with Crippen molar-refractivity contribution in [2.45, 2.75) is 13.5 Å². The molecule has 0 saturated carbocycles. The maximum atomic E-state index is 13.1. The van der Waals surface area contributed by atoms with Crippen molar-refractivity contribution in [2.24, 2.45) is 5.84 Å². The zero-order valence-corrected chi connectivity index (χ0v) is 10.3. The van der Waals surface area contributed by atoms with E-state index in [1.165, 1.54) is 24.5 Å². The molecule has 1 amide bonds. The standard InChI is InChI=1S/C13H13FN2O3/c1-8-4-10(2-3-12(8)14)19-7-11-5-9(6-18-11)13(17)16-15/h2-6H,7,15H2,1H3,(H,16,17). The van der Waals surface area contributed by atoms with Crippen LogP contribution in [0.3, 0.4) is 0 Å². The van der Waals surface area contributed by atoms with E-state index in [4.69, 9.17) is 15.0 Å². The van der Waals surface area contributed by atoms with Crippen LogP contribution >= 0.6 is 0 Å². The van der Waals surface area contributed by atoms with Crippen LogP contribution in [0.4, 0.5) is 4.39 Å². The van der Waals surface area contributed by atoms with Crippen LogP contribution in [-0.2, 0) is 6.61 Å². The summed E-state index contributed by atoms with van der Waals surface area (Å²) >= 11 is 0. The summed E-state index contributed by atoms with van der Waals surface area (Å²) in [6.07, 6.45) is 1.29. The summed E-state index contributed by atoms with van der Waals surface area (Å²) in [5.41, 5.74) is 2.82. The number of halogens is 1. The maximum Gasteiger partial charge on any atom is 0.268 e. The van der Waals surface area contributed by atoms with Crippen molar-refractivity contribution in [3.05, 3.63) is 53.2 Å². The predicted octanol–water partition coefficient (Wildman–Crippen LogP) is 1.91. The van der Waals surface area contributed by atoms with Crippen LogP contribution in [0.25, 0.3) is 0 Å². The van der Waals surface area contributed by atoms with Gasteiger partial charge in [-0.2, -0.15) is 0 Å². The third-order valence-electron chi connectivity index (χ3n) is 2.56. The van der Waals surface area contributed by atoms with Crippen molar-refractivity contribution >= 4 is 5.91 Å².